The van der Waals surface area contributed by atoms with Gasteiger partial charge in [0, 0.05) is 12.6 Å². The zero-order valence-electron chi connectivity index (χ0n) is 11.9. The molecule has 104 valence electrons. The minimum atomic E-state index is 0.0994. The lowest BCUT2D eigenvalue weighted by molar-refractivity contribution is -0.120. The highest BCUT2D eigenvalue weighted by Crippen LogP contribution is 2.23. The summed E-state index contributed by atoms with van der Waals surface area (Å²) in [5.74, 6) is 0.561. The van der Waals surface area contributed by atoms with Gasteiger partial charge in [-0.2, -0.15) is 0 Å². The molecule has 1 amide bonds. The van der Waals surface area contributed by atoms with E-state index in [0.717, 1.165) is 24.9 Å². The van der Waals surface area contributed by atoms with Crippen LogP contribution in [0.3, 0.4) is 0 Å². The Bertz CT molecular complexity index is 456. The standard InChI is InChI=1S/C16H24N2O/c1-11-6-7-13(8-12(11)2)9-16(19)18-10-14-4-3-5-15(14)17/h6-8,14-15H,3-5,9-10,17H2,1-2H3,(H,18,19). The van der Waals surface area contributed by atoms with Gasteiger partial charge in [0.15, 0.2) is 0 Å². The fourth-order valence-electron chi connectivity index (χ4n) is 2.73. The van der Waals surface area contributed by atoms with Crippen LogP contribution in [-0.2, 0) is 11.2 Å². The highest BCUT2D eigenvalue weighted by molar-refractivity contribution is 5.78. The maximum absolute atomic E-state index is 11.9. The minimum absolute atomic E-state index is 0.0994. The molecule has 0 bridgehead atoms. The first-order valence-electron chi connectivity index (χ1n) is 7.14. The van der Waals surface area contributed by atoms with Crippen LogP contribution in [0.1, 0.15) is 36.0 Å². The molecule has 2 unspecified atom stereocenters. The van der Waals surface area contributed by atoms with Crippen molar-refractivity contribution in [2.75, 3.05) is 6.54 Å². The van der Waals surface area contributed by atoms with Crippen molar-refractivity contribution in [3.8, 4) is 0 Å². The van der Waals surface area contributed by atoms with Gasteiger partial charge in [0.05, 0.1) is 6.42 Å². The summed E-state index contributed by atoms with van der Waals surface area (Å²) in [6, 6.07) is 6.46. The zero-order valence-corrected chi connectivity index (χ0v) is 11.9. The van der Waals surface area contributed by atoms with Gasteiger partial charge < -0.3 is 11.1 Å². The van der Waals surface area contributed by atoms with Crippen LogP contribution in [0, 0.1) is 19.8 Å². The van der Waals surface area contributed by atoms with Crippen molar-refractivity contribution < 1.29 is 4.79 Å². The Kier molecular flexibility index (Phi) is 4.59. The van der Waals surface area contributed by atoms with E-state index in [1.165, 1.54) is 17.5 Å². The molecule has 0 aliphatic heterocycles. The molecular weight excluding hydrogens is 236 g/mol. The van der Waals surface area contributed by atoms with Gasteiger partial charge in [-0.1, -0.05) is 24.6 Å². The summed E-state index contributed by atoms with van der Waals surface area (Å²) in [6.07, 6.45) is 3.89. The lowest BCUT2D eigenvalue weighted by Crippen LogP contribution is -2.36. The van der Waals surface area contributed by atoms with Crippen LogP contribution in [0.15, 0.2) is 18.2 Å². The van der Waals surface area contributed by atoms with Crippen LogP contribution in [0.5, 0.6) is 0 Å². The van der Waals surface area contributed by atoms with E-state index in [1.807, 2.05) is 6.07 Å². The van der Waals surface area contributed by atoms with Crippen molar-refractivity contribution in [1.29, 1.82) is 0 Å². The van der Waals surface area contributed by atoms with Gasteiger partial charge in [-0.05, 0) is 49.3 Å². The topological polar surface area (TPSA) is 55.1 Å². The lowest BCUT2D eigenvalue weighted by atomic mass is 10.0. The normalized spacial score (nSPS) is 22.5. The van der Waals surface area contributed by atoms with Gasteiger partial charge in [-0.25, -0.2) is 0 Å². The second kappa shape index (κ2) is 6.20. The summed E-state index contributed by atoms with van der Waals surface area (Å²) in [5.41, 5.74) is 9.59. The number of nitrogens with two attached hydrogens (primary N) is 1. The number of rotatable bonds is 4. The summed E-state index contributed by atoms with van der Waals surface area (Å²) in [6.45, 7) is 4.89. The van der Waals surface area contributed by atoms with Crippen LogP contribution in [-0.4, -0.2) is 18.5 Å². The SMILES string of the molecule is Cc1ccc(CC(=O)NCC2CCCC2N)cc1C. The van der Waals surface area contributed by atoms with Gasteiger partial charge in [0.25, 0.3) is 0 Å². The molecule has 1 fully saturated rings. The smallest absolute Gasteiger partial charge is 0.224 e. The zero-order chi connectivity index (χ0) is 13.8. The van der Waals surface area contributed by atoms with E-state index in [9.17, 15) is 4.79 Å². The summed E-state index contributed by atoms with van der Waals surface area (Å²) >= 11 is 0. The maximum Gasteiger partial charge on any atom is 0.224 e. The van der Waals surface area contributed by atoms with Crippen molar-refractivity contribution in [1.82, 2.24) is 5.32 Å². The number of amides is 1. The number of nitrogens with one attached hydrogen (secondary N) is 1. The highest BCUT2D eigenvalue weighted by atomic mass is 16.1. The average Bonchev–Trinajstić information content (AvgIpc) is 2.77. The second-order valence-electron chi connectivity index (χ2n) is 5.75. The predicted octanol–water partition coefficient (Wildman–Crippen LogP) is 2.09. The highest BCUT2D eigenvalue weighted by Gasteiger charge is 2.23. The van der Waals surface area contributed by atoms with Crippen LogP contribution in [0.4, 0.5) is 0 Å². The Labute approximate surface area is 115 Å². The number of benzene rings is 1. The van der Waals surface area contributed by atoms with Crippen LogP contribution in [0.25, 0.3) is 0 Å². The van der Waals surface area contributed by atoms with Gasteiger partial charge in [0.2, 0.25) is 5.91 Å². The fraction of sp³-hybridized carbons (Fsp3) is 0.562. The molecule has 1 saturated carbocycles. The summed E-state index contributed by atoms with van der Waals surface area (Å²) in [4.78, 5) is 11.9. The molecule has 2 atom stereocenters. The number of carbonyl (C=O) groups is 1. The van der Waals surface area contributed by atoms with Crippen LogP contribution >= 0.6 is 0 Å². The number of carbonyl (C=O) groups excluding carboxylic acids is 1. The Balaban J connectivity index is 1.82. The Hall–Kier alpha value is -1.35. The van der Waals surface area contributed by atoms with Crippen LogP contribution < -0.4 is 11.1 Å². The molecule has 3 N–H and O–H groups in total. The summed E-state index contributed by atoms with van der Waals surface area (Å²) < 4.78 is 0. The monoisotopic (exact) mass is 260 g/mol. The Morgan fingerprint density at radius 1 is 1.32 bits per heavy atom. The first-order valence-corrected chi connectivity index (χ1v) is 7.14. The molecule has 1 aliphatic carbocycles. The fourth-order valence-corrected chi connectivity index (χ4v) is 2.73. The van der Waals surface area contributed by atoms with Crippen molar-refractivity contribution in [3.05, 3.63) is 34.9 Å². The molecule has 0 spiro atoms. The Morgan fingerprint density at radius 2 is 2.11 bits per heavy atom. The largest absolute Gasteiger partial charge is 0.355 e. The molecule has 0 heterocycles. The first-order chi connectivity index (χ1) is 9.06. The van der Waals surface area contributed by atoms with E-state index in [4.69, 9.17) is 5.73 Å². The van der Waals surface area contributed by atoms with Gasteiger partial charge >= 0.3 is 0 Å². The molecule has 19 heavy (non-hydrogen) atoms. The Morgan fingerprint density at radius 3 is 2.74 bits per heavy atom. The third kappa shape index (κ3) is 3.80. The van der Waals surface area contributed by atoms with Crippen LogP contribution in [0.2, 0.25) is 0 Å². The van der Waals surface area contributed by atoms with Gasteiger partial charge in [0.1, 0.15) is 0 Å². The van der Waals surface area contributed by atoms with Crippen molar-refractivity contribution in [3.63, 3.8) is 0 Å². The molecule has 3 heteroatoms. The predicted molar refractivity (Wildman–Crippen MR) is 77.9 cm³/mol. The van der Waals surface area contributed by atoms with E-state index < -0.39 is 0 Å². The third-order valence-corrected chi connectivity index (χ3v) is 4.22. The summed E-state index contributed by atoms with van der Waals surface area (Å²) in [7, 11) is 0. The van der Waals surface area contributed by atoms with E-state index >= 15 is 0 Å². The van der Waals surface area contributed by atoms with E-state index in [-0.39, 0.29) is 11.9 Å². The van der Waals surface area contributed by atoms with E-state index in [2.05, 4.69) is 31.3 Å². The van der Waals surface area contributed by atoms with E-state index in [0.29, 0.717) is 12.3 Å². The number of hydrogen-bond donors (Lipinski definition) is 2. The molecule has 1 aromatic carbocycles. The summed E-state index contributed by atoms with van der Waals surface area (Å²) in [5, 5.41) is 3.02. The molecule has 2 rings (SSSR count). The quantitative estimate of drug-likeness (QED) is 0.871. The molecule has 3 nitrogen and oxygen atoms in total. The molecule has 0 aromatic heterocycles. The molecular formula is C16H24N2O. The molecule has 0 saturated heterocycles. The van der Waals surface area contributed by atoms with Crippen molar-refractivity contribution in [2.45, 2.75) is 45.6 Å². The molecule has 1 aromatic rings. The van der Waals surface area contributed by atoms with Crippen molar-refractivity contribution >= 4 is 5.91 Å². The molecule has 0 radical (unpaired) electrons. The first kappa shape index (κ1) is 14.1. The minimum Gasteiger partial charge on any atom is -0.355 e. The molecule has 1 aliphatic rings. The maximum atomic E-state index is 11.9. The van der Waals surface area contributed by atoms with Gasteiger partial charge in [-0.15, -0.1) is 0 Å². The number of hydrogen-bond acceptors (Lipinski definition) is 2. The second-order valence-corrected chi connectivity index (χ2v) is 5.75. The van der Waals surface area contributed by atoms with Crippen molar-refractivity contribution in [2.24, 2.45) is 11.7 Å². The van der Waals surface area contributed by atoms with E-state index in [1.54, 1.807) is 0 Å². The third-order valence-electron chi connectivity index (χ3n) is 4.22. The van der Waals surface area contributed by atoms with Gasteiger partial charge in [-0.3, -0.25) is 4.79 Å². The lowest BCUT2D eigenvalue weighted by Gasteiger charge is -2.16. The number of aryl methyl sites for hydroxylation is 2. The average molecular weight is 260 g/mol.